The molecular weight excluding hydrogens is 422 g/mol. The fourth-order valence-corrected chi connectivity index (χ4v) is 4.72. The fraction of sp³-hybridized carbons (Fsp3) is 0.625. The summed E-state index contributed by atoms with van der Waals surface area (Å²) in [6.45, 7) is 1.84. The van der Waals surface area contributed by atoms with Gasteiger partial charge < -0.3 is 14.6 Å². The molecule has 0 aliphatic heterocycles. The van der Waals surface area contributed by atoms with Gasteiger partial charge in [-0.3, -0.25) is 0 Å². The van der Waals surface area contributed by atoms with Gasteiger partial charge in [0.1, 0.15) is 5.60 Å². The van der Waals surface area contributed by atoms with Crippen molar-refractivity contribution in [1.29, 1.82) is 0 Å². The van der Waals surface area contributed by atoms with Crippen LogP contribution in [0.4, 0.5) is 8.78 Å². The van der Waals surface area contributed by atoms with Crippen LogP contribution in [0.25, 0.3) is 0 Å². The Bertz CT molecular complexity index is 841. The van der Waals surface area contributed by atoms with Crippen LogP contribution in [0.15, 0.2) is 24.3 Å². The van der Waals surface area contributed by atoms with E-state index in [0.717, 1.165) is 25.7 Å². The lowest BCUT2D eigenvalue weighted by molar-refractivity contribution is -0.189. The molecule has 0 spiro atoms. The molecule has 1 N–H and O–H groups in total. The summed E-state index contributed by atoms with van der Waals surface area (Å²) in [7, 11) is 0. The molecule has 1 aromatic carbocycles. The highest BCUT2D eigenvalue weighted by Crippen LogP contribution is 2.37. The summed E-state index contributed by atoms with van der Waals surface area (Å²) in [5, 5.41) is 9.06. The molecule has 0 amide bonds. The quantitative estimate of drug-likeness (QED) is 0.558. The summed E-state index contributed by atoms with van der Waals surface area (Å²) < 4.78 is 39.9. The highest BCUT2D eigenvalue weighted by Gasteiger charge is 2.54. The van der Waals surface area contributed by atoms with Gasteiger partial charge in [0, 0.05) is 5.92 Å². The first-order valence-electron chi connectivity index (χ1n) is 11.3. The summed E-state index contributed by atoms with van der Waals surface area (Å²) in [5.74, 6) is -9.20. The number of carbonyl (C=O) groups excluding carboxylic acids is 2. The van der Waals surface area contributed by atoms with Gasteiger partial charge in [-0.25, -0.2) is 14.4 Å². The van der Waals surface area contributed by atoms with Crippen molar-refractivity contribution < 1.29 is 37.7 Å². The van der Waals surface area contributed by atoms with E-state index < -0.39 is 41.5 Å². The van der Waals surface area contributed by atoms with E-state index in [0.29, 0.717) is 38.5 Å². The van der Waals surface area contributed by atoms with Gasteiger partial charge in [-0.1, -0.05) is 37.8 Å². The molecule has 8 heteroatoms. The van der Waals surface area contributed by atoms with Gasteiger partial charge in [0.15, 0.2) is 6.10 Å². The van der Waals surface area contributed by atoms with E-state index in [1.165, 1.54) is 18.2 Å². The van der Waals surface area contributed by atoms with Crippen LogP contribution in [0.3, 0.4) is 0 Å². The number of carboxylic acid groups (broad SMARTS) is 1. The van der Waals surface area contributed by atoms with Gasteiger partial charge in [-0.15, -0.1) is 0 Å². The van der Waals surface area contributed by atoms with Crippen molar-refractivity contribution in [1.82, 2.24) is 0 Å². The topological polar surface area (TPSA) is 89.9 Å². The number of hydrogen-bond acceptors (Lipinski definition) is 5. The number of carbonyl (C=O) groups is 3. The zero-order valence-corrected chi connectivity index (χ0v) is 18.3. The monoisotopic (exact) mass is 452 g/mol. The highest BCUT2D eigenvalue weighted by molar-refractivity contribution is 6.03. The third-order valence-electron chi connectivity index (χ3n) is 6.57. The zero-order chi connectivity index (χ0) is 23.4. The number of carboxylic acids is 1. The van der Waals surface area contributed by atoms with E-state index in [2.05, 4.69) is 0 Å². The average molecular weight is 452 g/mol. The Balaban J connectivity index is 1.83. The smallest absolute Gasteiger partial charge is 0.378 e. The van der Waals surface area contributed by atoms with Crippen LogP contribution in [0, 0.1) is 5.92 Å². The molecular formula is C24H30F2O6. The lowest BCUT2D eigenvalue weighted by Crippen LogP contribution is -2.49. The van der Waals surface area contributed by atoms with Gasteiger partial charge in [0.05, 0.1) is 11.1 Å². The average Bonchev–Trinajstić information content (AvgIpc) is 2.77. The predicted octanol–water partition coefficient (Wildman–Crippen LogP) is 5.39. The first-order chi connectivity index (χ1) is 15.1. The molecule has 2 aliphatic carbocycles. The number of ether oxygens (including phenoxy) is 2. The number of hydrogen-bond donors (Lipinski definition) is 1. The van der Waals surface area contributed by atoms with Gasteiger partial charge in [0.25, 0.3) is 0 Å². The molecule has 2 aliphatic rings. The van der Waals surface area contributed by atoms with Crippen molar-refractivity contribution in [3.8, 4) is 0 Å². The first-order valence-corrected chi connectivity index (χ1v) is 11.3. The molecule has 2 fully saturated rings. The van der Waals surface area contributed by atoms with E-state index in [1.54, 1.807) is 6.07 Å². The largest absolute Gasteiger partial charge is 0.477 e. The second-order valence-corrected chi connectivity index (χ2v) is 9.10. The molecule has 0 bridgehead atoms. The summed E-state index contributed by atoms with van der Waals surface area (Å²) in [4.78, 5) is 37.0. The van der Waals surface area contributed by atoms with Crippen molar-refractivity contribution in [3.05, 3.63) is 35.4 Å². The Hall–Kier alpha value is -2.51. The van der Waals surface area contributed by atoms with Crippen LogP contribution in [0.1, 0.15) is 91.8 Å². The number of benzene rings is 1. The van der Waals surface area contributed by atoms with Crippen LogP contribution in [-0.4, -0.2) is 40.6 Å². The Labute approximate surface area is 186 Å². The fourth-order valence-electron chi connectivity index (χ4n) is 4.72. The SMILES string of the molecule is CC1(OC(=O)c2ccccc2C(=O)OC(C2CCCCC2)C(F)(F)C(=O)O)CCCCC1. The maximum Gasteiger partial charge on any atom is 0.378 e. The molecule has 3 rings (SSSR count). The molecule has 32 heavy (non-hydrogen) atoms. The van der Waals surface area contributed by atoms with E-state index >= 15 is 0 Å². The van der Waals surface area contributed by atoms with Crippen molar-refractivity contribution in [3.63, 3.8) is 0 Å². The Morgan fingerprint density at radius 1 is 0.969 bits per heavy atom. The molecule has 0 radical (unpaired) electrons. The number of aliphatic carboxylic acids is 1. The second kappa shape index (κ2) is 9.96. The van der Waals surface area contributed by atoms with Crippen LogP contribution in [0.5, 0.6) is 0 Å². The van der Waals surface area contributed by atoms with Crippen LogP contribution in [0.2, 0.25) is 0 Å². The van der Waals surface area contributed by atoms with E-state index in [1.807, 2.05) is 6.92 Å². The lowest BCUT2D eigenvalue weighted by Gasteiger charge is -2.34. The van der Waals surface area contributed by atoms with Gasteiger partial charge in [-0.05, 0) is 57.6 Å². The number of esters is 2. The number of halogens is 2. The van der Waals surface area contributed by atoms with Crippen molar-refractivity contribution in [2.24, 2.45) is 5.92 Å². The van der Waals surface area contributed by atoms with Crippen LogP contribution >= 0.6 is 0 Å². The van der Waals surface area contributed by atoms with Crippen molar-refractivity contribution in [2.75, 3.05) is 0 Å². The summed E-state index contributed by atoms with van der Waals surface area (Å²) >= 11 is 0. The summed E-state index contributed by atoms with van der Waals surface area (Å²) in [6.07, 6.45) is 5.13. The second-order valence-electron chi connectivity index (χ2n) is 9.10. The van der Waals surface area contributed by atoms with Crippen molar-refractivity contribution in [2.45, 2.75) is 88.8 Å². The van der Waals surface area contributed by atoms with E-state index in [4.69, 9.17) is 14.6 Å². The number of rotatable bonds is 7. The van der Waals surface area contributed by atoms with Gasteiger partial charge >= 0.3 is 23.8 Å². The Morgan fingerprint density at radius 3 is 2.06 bits per heavy atom. The van der Waals surface area contributed by atoms with Gasteiger partial charge in [0.2, 0.25) is 0 Å². The van der Waals surface area contributed by atoms with Crippen molar-refractivity contribution >= 4 is 17.9 Å². The molecule has 2 saturated carbocycles. The summed E-state index contributed by atoms with van der Waals surface area (Å²) in [5.41, 5.74) is -0.933. The molecule has 176 valence electrons. The third kappa shape index (κ3) is 5.45. The van der Waals surface area contributed by atoms with E-state index in [-0.39, 0.29) is 11.1 Å². The Morgan fingerprint density at radius 2 is 1.50 bits per heavy atom. The van der Waals surface area contributed by atoms with Crippen LogP contribution < -0.4 is 0 Å². The molecule has 1 atom stereocenters. The molecule has 1 unspecified atom stereocenters. The maximum absolute atomic E-state index is 14.5. The first kappa shape index (κ1) is 24.1. The lowest BCUT2D eigenvalue weighted by atomic mass is 9.82. The predicted molar refractivity (Wildman–Crippen MR) is 112 cm³/mol. The normalized spacial score (nSPS) is 20.2. The molecule has 0 heterocycles. The highest BCUT2D eigenvalue weighted by atomic mass is 19.3. The molecule has 0 saturated heterocycles. The minimum atomic E-state index is -4.23. The number of alkyl halides is 2. The Kier molecular flexibility index (Phi) is 7.51. The summed E-state index contributed by atoms with van der Waals surface area (Å²) in [6, 6.07) is 5.72. The van der Waals surface area contributed by atoms with E-state index in [9.17, 15) is 23.2 Å². The van der Waals surface area contributed by atoms with Gasteiger partial charge in [-0.2, -0.15) is 8.78 Å². The molecule has 0 aromatic heterocycles. The van der Waals surface area contributed by atoms with Crippen LogP contribution in [-0.2, 0) is 14.3 Å². The molecule has 1 aromatic rings. The standard InChI is InChI=1S/C24H30F2O6/c1-23(14-8-3-9-15-23)32-21(28)18-13-7-6-12-17(18)20(27)31-19(24(25,26)22(29)30)16-10-4-2-5-11-16/h6-7,12-13,16,19H,2-5,8-11,14-15H2,1H3,(H,29,30). The minimum absolute atomic E-state index is 0.0784. The zero-order valence-electron chi connectivity index (χ0n) is 18.3. The minimum Gasteiger partial charge on any atom is -0.477 e. The maximum atomic E-state index is 14.5. The molecule has 6 nitrogen and oxygen atoms in total. The third-order valence-corrected chi connectivity index (χ3v) is 6.57.